The van der Waals surface area contributed by atoms with E-state index in [1.165, 1.54) is 44.9 Å². The van der Waals surface area contributed by atoms with Crippen molar-refractivity contribution < 1.29 is 22.8 Å². The second-order valence-electron chi connectivity index (χ2n) is 8.02. The molecule has 0 aliphatic carbocycles. The molecule has 0 radical (unpaired) electrons. The minimum atomic E-state index is -3.13. The van der Waals surface area contributed by atoms with Gasteiger partial charge in [-0.1, -0.05) is 51.9 Å². The van der Waals surface area contributed by atoms with Crippen molar-refractivity contribution in [2.45, 2.75) is 64.3 Å². The summed E-state index contributed by atoms with van der Waals surface area (Å²) in [6, 6.07) is -0.0380. The van der Waals surface area contributed by atoms with E-state index < -0.39 is 7.75 Å². The molecule has 25 heavy (non-hydrogen) atoms. The Bertz CT molecular complexity index is 388. The van der Waals surface area contributed by atoms with Gasteiger partial charge in [0.05, 0.1) is 40.4 Å². The second-order valence-corrected chi connectivity index (χ2v) is 9.79. The summed E-state index contributed by atoms with van der Waals surface area (Å²) in [5.41, 5.74) is 0. The summed E-state index contributed by atoms with van der Waals surface area (Å²) in [6.07, 6.45) is 10.4. The number of nitrogens with zero attached hydrogens (tertiary/aromatic N) is 1. The number of rotatable bonds is 15. The monoisotopic (exact) mass is 380 g/mol. The van der Waals surface area contributed by atoms with Crippen LogP contribution in [0.1, 0.15) is 58.3 Å². The van der Waals surface area contributed by atoms with E-state index >= 15 is 0 Å². The average molecular weight is 381 g/mol. The van der Waals surface area contributed by atoms with E-state index in [-0.39, 0.29) is 6.04 Å². The minimum absolute atomic E-state index is 0.0380. The molecule has 7 heteroatoms. The number of ether oxygens (including phenoxy) is 1. The Morgan fingerprint density at radius 3 is 2.32 bits per heavy atom. The summed E-state index contributed by atoms with van der Waals surface area (Å²) >= 11 is 0. The highest BCUT2D eigenvalue weighted by atomic mass is 32.2. The van der Waals surface area contributed by atoms with Gasteiger partial charge in [0, 0.05) is 6.61 Å². The first-order chi connectivity index (χ1) is 11.8. The molecule has 0 spiro atoms. The van der Waals surface area contributed by atoms with Gasteiger partial charge in [0.15, 0.2) is 0 Å². The molecule has 2 atom stereocenters. The van der Waals surface area contributed by atoms with E-state index in [4.69, 9.17) is 13.8 Å². The highest BCUT2D eigenvalue weighted by Gasteiger charge is 2.36. The Morgan fingerprint density at radius 2 is 1.68 bits per heavy atom. The van der Waals surface area contributed by atoms with Crippen LogP contribution in [0.25, 0.3) is 0 Å². The Morgan fingerprint density at radius 1 is 1.04 bits per heavy atom. The van der Waals surface area contributed by atoms with Crippen molar-refractivity contribution in [2.75, 3.05) is 54.1 Å². The highest BCUT2D eigenvalue weighted by molar-refractivity contribution is 7.51. The molecule has 1 aliphatic rings. The molecule has 0 aromatic rings. The largest absolute Gasteiger partial charge is 0.406 e. The van der Waals surface area contributed by atoms with Crippen LogP contribution in [-0.2, 0) is 18.3 Å². The smallest absolute Gasteiger partial charge is 0.380 e. The molecule has 1 saturated heterocycles. The molecule has 1 N–H and O–H groups in total. The molecule has 6 nitrogen and oxygen atoms in total. The maximum absolute atomic E-state index is 12.4. The molecule has 1 unspecified atom stereocenters. The van der Waals surface area contributed by atoms with Gasteiger partial charge in [-0.25, -0.2) is 9.65 Å². The fourth-order valence-electron chi connectivity index (χ4n) is 2.64. The maximum Gasteiger partial charge on any atom is 0.406 e. The number of hydrogen-bond acceptors (Lipinski definition) is 4. The van der Waals surface area contributed by atoms with E-state index in [2.05, 4.69) is 33.2 Å². The van der Waals surface area contributed by atoms with Crippen molar-refractivity contribution in [3.63, 3.8) is 0 Å². The van der Waals surface area contributed by atoms with E-state index in [9.17, 15) is 4.57 Å². The summed E-state index contributed by atoms with van der Waals surface area (Å²) in [4.78, 5) is 0. The Hall–Kier alpha value is 0.0300. The lowest BCUT2D eigenvalue weighted by Gasteiger charge is -2.24. The van der Waals surface area contributed by atoms with Crippen LogP contribution in [-0.4, -0.2) is 64.6 Å². The number of hydrogen-bond donors (Lipinski definition) is 1. The van der Waals surface area contributed by atoms with Gasteiger partial charge < -0.3 is 9.22 Å². The van der Waals surface area contributed by atoms with Crippen LogP contribution in [0.15, 0.2) is 0 Å². The SMILES string of the molecule is CCCCCCCCCCOC[C@@H]1CO[32P](=O)(OCC[N+](C)(C)C)N1. The van der Waals surface area contributed by atoms with E-state index in [1.54, 1.807) is 0 Å². The van der Waals surface area contributed by atoms with Gasteiger partial charge in [-0.3, -0.25) is 9.05 Å². The zero-order valence-electron chi connectivity index (χ0n) is 16.8. The molecule has 0 aromatic carbocycles. The van der Waals surface area contributed by atoms with Crippen molar-refractivity contribution in [1.29, 1.82) is 0 Å². The second kappa shape index (κ2) is 12.4. The van der Waals surface area contributed by atoms with Crippen LogP contribution in [0, 0.1) is 0 Å². The van der Waals surface area contributed by atoms with Gasteiger partial charge >= 0.3 is 7.75 Å². The van der Waals surface area contributed by atoms with Gasteiger partial charge in [0.1, 0.15) is 13.2 Å². The fraction of sp³-hybridized carbons (Fsp3) is 1.00. The van der Waals surface area contributed by atoms with E-state index in [1.807, 2.05) is 0 Å². The molecular weight excluding hydrogens is 340 g/mol. The van der Waals surface area contributed by atoms with E-state index in [0.29, 0.717) is 19.8 Å². The Labute approximate surface area is 154 Å². The van der Waals surface area contributed by atoms with Crippen molar-refractivity contribution >= 4 is 7.75 Å². The first-order valence-corrected chi connectivity index (χ1v) is 11.4. The van der Waals surface area contributed by atoms with Crippen LogP contribution < -0.4 is 5.09 Å². The van der Waals surface area contributed by atoms with Crippen LogP contribution in [0.3, 0.4) is 0 Å². The summed E-state index contributed by atoms with van der Waals surface area (Å²) in [5.74, 6) is 0. The summed E-state index contributed by atoms with van der Waals surface area (Å²) < 4.78 is 29.6. The molecule has 0 saturated carbocycles. The zero-order valence-corrected chi connectivity index (χ0v) is 17.7. The summed E-state index contributed by atoms with van der Waals surface area (Å²) in [5, 5.41) is 2.96. The van der Waals surface area contributed by atoms with Crippen LogP contribution in [0.2, 0.25) is 0 Å². The van der Waals surface area contributed by atoms with Gasteiger partial charge in [-0.15, -0.1) is 0 Å². The summed E-state index contributed by atoms with van der Waals surface area (Å²) in [6.45, 7) is 5.13. The van der Waals surface area contributed by atoms with Crippen LogP contribution >= 0.6 is 7.75 Å². The normalized spacial score (nSPS) is 24.1. The van der Waals surface area contributed by atoms with Gasteiger partial charge in [-0.05, 0) is 6.42 Å². The van der Waals surface area contributed by atoms with Crippen LogP contribution in [0.4, 0.5) is 0 Å². The van der Waals surface area contributed by atoms with Crippen LogP contribution in [0.5, 0.6) is 0 Å². The Kier molecular flexibility index (Phi) is 11.5. The van der Waals surface area contributed by atoms with Crippen molar-refractivity contribution in [2.24, 2.45) is 0 Å². The summed E-state index contributed by atoms with van der Waals surface area (Å²) in [7, 11) is 3.09. The molecule has 1 rings (SSSR count). The fourth-order valence-corrected chi connectivity index (χ4v) is 4.16. The quantitative estimate of drug-likeness (QED) is 0.265. The number of nitrogens with one attached hydrogen (secondary N) is 1. The molecule has 150 valence electrons. The first kappa shape index (κ1) is 23.1. The molecule has 1 aliphatic heterocycles. The Balaban J connectivity index is 1.98. The number of quaternary nitrogens is 1. The zero-order chi connectivity index (χ0) is 18.6. The molecule has 1 fully saturated rings. The van der Waals surface area contributed by atoms with Crippen molar-refractivity contribution in [3.05, 3.63) is 0 Å². The number of unbranched alkanes of at least 4 members (excludes halogenated alkanes) is 7. The molecule has 0 aromatic heterocycles. The molecule has 0 amide bonds. The third-order valence-electron chi connectivity index (χ3n) is 4.27. The molecular formula is C18H40N2O4P+. The van der Waals surface area contributed by atoms with Gasteiger partial charge in [0.2, 0.25) is 0 Å². The molecule has 0 bridgehead atoms. The maximum atomic E-state index is 12.4. The van der Waals surface area contributed by atoms with Gasteiger partial charge in [0.25, 0.3) is 0 Å². The predicted octanol–water partition coefficient (Wildman–Crippen LogP) is 3.96. The molecule has 1 heterocycles. The van der Waals surface area contributed by atoms with Crippen molar-refractivity contribution in [3.8, 4) is 0 Å². The highest BCUT2D eigenvalue weighted by Crippen LogP contribution is 2.48. The third kappa shape index (κ3) is 12.1. The average Bonchev–Trinajstić information content (AvgIpc) is 2.89. The lowest BCUT2D eigenvalue weighted by molar-refractivity contribution is -0.870. The topological polar surface area (TPSA) is 56.8 Å². The van der Waals surface area contributed by atoms with Crippen molar-refractivity contribution in [1.82, 2.24) is 5.09 Å². The number of likely N-dealkylation sites (N-methyl/N-ethyl adjacent to an activating group) is 1. The van der Waals surface area contributed by atoms with E-state index in [0.717, 1.165) is 24.1 Å². The standard InChI is InChI=1S/C18H40N2O4P/c1-5-6-7-8-9-10-11-12-14-22-16-18-17-24-25(21,19-18)23-15-13-20(2,3)4/h18H,5-17H2,1-4H3,(H,19,21)/q+1/t18-,25?/m1/s1/i25+1. The third-order valence-corrected chi connectivity index (χ3v) is 5.96. The lowest BCUT2D eigenvalue weighted by Crippen LogP contribution is -2.37. The minimum Gasteiger partial charge on any atom is -0.380 e. The lowest BCUT2D eigenvalue weighted by atomic mass is 10.1. The predicted molar refractivity (Wildman–Crippen MR) is 103 cm³/mol. The first-order valence-electron chi connectivity index (χ1n) is 9.90. The van der Waals surface area contributed by atoms with Gasteiger partial charge in [-0.2, -0.15) is 0 Å².